The normalized spacial score (nSPS) is 21.1. The molecule has 0 aromatic carbocycles. The Morgan fingerprint density at radius 3 is 2.75 bits per heavy atom. The summed E-state index contributed by atoms with van der Waals surface area (Å²) in [5, 5.41) is 5.01. The molecule has 2 aliphatic rings. The van der Waals surface area contributed by atoms with Gasteiger partial charge in [-0.2, -0.15) is 0 Å². The Morgan fingerprint density at radius 2 is 2.10 bits per heavy atom. The Bertz CT molecular complexity index is 395. The van der Waals surface area contributed by atoms with E-state index in [1.54, 1.807) is 18.7 Å². The Morgan fingerprint density at radius 1 is 1.35 bits per heavy atom. The van der Waals surface area contributed by atoms with Gasteiger partial charge in [0.25, 0.3) is 0 Å². The van der Waals surface area contributed by atoms with Crippen molar-refractivity contribution >= 4 is 39.8 Å². The molecule has 1 fully saturated rings. The van der Waals surface area contributed by atoms with Crippen LogP contribution in [0.5, 0.6) is 0 Å². The van der Waals surface area contributed by atoms with Crippen LogP contribution in [0, 0.1) is 0 Å². The Kier molecular flexibility index (Phi) is 6.22. The van der Waals surface area contributed by atoms with E-state index in [0.717, 1.165) is 42.4 Å². The first-order chi connectivity index (χ1) is 9.65. The van der Waals surface area contributed by atoms with E-state index in [0.29, 0.717) is 0 Å². The molecule has 7 heteroatoms. The fourth-order valence-electron chi connectivity index (χ4n) is 2.27. The first-order valence-corrected chi connectivity index (χ1v) is 8.97. The van der Waals surface area contributed by atoms with Gasteiger partial charge < -0.3 is 5.32 Å². The summed E-state index contributed by atoms with van der Waals surface area (Å²) in [7, 11) is 0. The molecule has 0 radical (unpaired) electrons. The average Bonchev–Trinajstić information content (AvgIpc) is 2.92. The maximum absolute atomic E-state index is 11.9. The van der Waals surface area contributed by atoms with E-state index in [1.165, 1.54) is 18.2 Å². The number of nitrogens with zero attached hydrogens (tertiary/aromatic N) is 1. The lowest BCUT2D eigenvalue weighted by Gasteiger charge is -2.23. The summed E-state index contributed by atoms with van der Waals surface area (Å²) in [4.78, 5) is 28.0. The van der Waals surface area contributed by atoms with Gasteiger partial charge in [-0.1, -0.05) is 42.8 Å². The lowest BCUT2D eigenvalue weighted by atomic mass is 9.96. The van der Waals surface area contributed by atoms with E-state index in [2.05, 4.69) is 15.6 Å². The van der Waals surface area contributed by atoms with E-state index in [9.17, 15) is 9.59 Å². The molecule has 112 valence electrons. The van der Waals surface area contributed by atoms with Crippen LogP contribution in [0.15, 0.2) is 4.99 Å². The molecule has 1 aliphatic carbocycles. The number of carbonyl (C=O) groups excluding carboxylic acids is 2. The predicted molar refractivity (Wildman–Crippen MR) is 85.4 cm³/mol. The standard InChI is InChI=1S/C13H21N3O2S2/c1-9(20-13-14-7-8-19-13)11(17)16-12(18)15-10-5-3-2-4-6-10/h9-10H,2-8H2,1H3,(H2,15,16,17,18)/t9-/m1/s1. The molecule has 1 saturated carbocycles. The number of urea groups is 1. The van der Waals surface area contributed by atoms with Crippen LogP contribution in [0.2, 0.25) is 0 Å². The summed E-state index contributed by atoms with van der Waals surface area (Å²) in [5.41, 5.74) is 0. The zero-order valence-electron chi connectivity index (χ0n) is 11.7. The van der Waals surface area contributed by atoms with Gasteiger partial charge in [0.1, 0.15) is 4.38 Å². The highest BCUT2D eigenvalue weighted by atomic mass is 32.2. The molecule has 3 amide bonds. The van der Waals surface area contributed by atoms with Crippen molar-refractivity contribution in [3.05, 3.63) is 0 Å². The zero-order chi connectivity index (χ0) is 14.4. The first-order valence-electron chi connectivity index (χ1n) is 7.10. The molecule has 1 atom stereocenters. The predicted octanol–water partition coefficient (Wildman–Crippen LogP) is 2.37. The van der Waals surface area contributed by atoms with E-state index < -0.39 is 0 Å². The lowest BCUT2D eigenvalue weighted by Crippen LogP contribution is -2.47. The molecular weight excluding hydrogens is 294 g/mol. The number of hydrogen-bond donors (Lipinski definition) is 2. The molecule has 5 nitrogen and oxygen atoms in total. The topological polar surface area (TPSA) is 70.6 Å². The van der Waals surface area contributed by atoms with Gasteiger partial charge in [-0.25, -0.2) is 4.79 Å². The van der Waals surface area contributed by atoms with Gasteiger partial charge in [-0.05, 0) is 19.8 Å². The second-order valence-corrected chi connectivity index (χ2v) is 7.73. The van der Waals surface area contributed by atoms with Crippen LogP contribution in [0.25, 0.3) is 0 Å². The van der Waals surface area contributed by atoms with Crippen molar-refractivity contribution in [3.63, 3.8) is 0 Å². The van der Waals surface area contributed by atoms with Crippen LogP contribution in [-0.2, 0) is 4.79 Å². The minimum absolute atomic E-state index is 0.217. The molecule has 0 aromatic rings. The summed E-state index contributed by atoms with van der Waals surface area (Å²) in [6.07, 6.45) is 5.58. The summed E-state index contributed by atoms with van der Waals surface area (Å²) < 4.78 is 0.945. The fraction of sp³-hybridized carbons (Fsp3) is 0.769. The molecule has 1 heterocycles. The van der Waals surface area contributed by atoms with E-state index >= 15 is 0 Å². The minimum Gasteiger partial charge on any atom is -0.335 e. The van der Waals surface area contributed by atoms with Crippen LogP contribution in [0.1, 0.15) is 39.0 Å². The monoisotopic (exact) mass is 315 g/mol. The minimum atomic E-state index is -0.365. The van der Waals surface area contributed by atoms with Crippen LogP contribution in [-0.4, -0.2) is 39.9 Å². The molecule has 20 heavy (non-hydrogen) atoms. The van der Waals surface area contributed by atoms with Gasteiger partial charge in [-0.15, -0.1) is 0 Å². The smallest absolute Gasteiger partial charge is 0.321 e. The zero-order valence-corrected chi connectivity index (χ0v) is 13.3. The number of thioether (sulfide) groups is 2. The van der Waals surface area contributed by atoms with Crippen molar-refractivity contribution in [1.29, 1.82) is 0 Å². The number of amides is 3. The van der Waals surface area contributed by atoms with Crippen LogP contribution >= 0.6 is 23.5 Å². The molecule has 0 saturated heterocycles. The average molecular weight is 315 g/mol. The number of nitrogens with one attached hydrogen (secondary N) is 2. The van der Waals surface area contributed by atoms with Crippen molar-refractivity contribution in [2.45, 2.75) is 50.3 Å². The highest BCUT2D eigenvalue weighted by molar-refractivity contribution is 8.39. The SMILES string of the molecule is C[C@@H](SC1=NCCS1)C(=O)NC(=O)NC1CCCCC1. The molecule has 0 bridgehead atoms. The van der Waals surface area contributed by atoms with Gasteiger partial charge >= 0.3 is 6.03 Å². The second-order valence-electron chi connectivity index (χ2n) is 5.05. The third-order valence-electron chi connectivity index (χ3n) is 3.38. The highest BCUT2D eigenvalue weighted by Gasteiger charge is 2.22. The highest BCUT2D eigenvalue weighted by Crippen LogP contribution is 2.25. The van der Waals surface area contributed by atoms with Crippen LogP contribution < -0.4 is 10.6 Å². The first kappa shape index (κ1) is 15.7. The van der Waals surface area contributed by atoms with Crippen molar-refractivity contribution < 1.29 is 9.59 Å². The summed E-state index contributed by atoms with van der Waals surface area (Å²) in [6, 6.07) is -0.148. The third kappa shape index (κ3) is 5.01. The Balaban J connectivity index is 1.70. The van der Waals surface area contributed by atoms with Crippen molar-refractivity contribution in [2.75, 3.05) is 12.3 Å². The van der Waals surface area contributed by atoms with Crippen LogP contribution in [0.4, 0.5) is 4.79 Å². The van der Waals surface area contributed by atoms with Crippen molar-refractivity contribution in [2.24, 2.45) is 4.99 Å². The largest absolute Gasteiger partial charge is 0.335 e. The van der Waals surface area contributed by atoms with Crippen molar-refractivity contribution in [3.8, 4) is 0 Å². The van der Waals surface area contributed by atoms with Gasteiger partial charge in [0.05, 0.1) is 11.8 Å². The summed E-state index contributed by atoms with van der Waals surface area (Å²) >= 11 is 3.09. The van der Waals surface area contributed by atoms with E-state index in [-0.39, 0.29) is 23.2 Å². The summed E-state index contributed by atoms with van der Waals surface area (Å²) in [6.45, 7) is 2.62. The molecule has 0 unspecified atom stereocenters. The third-order valence-corrected chi connectivity index (χ3v) is 5.69. The number of carbonyl (C=O) groups is 2. The molecule has 0 aromatic heterocycles. The Hall–Kier alpha value is -0.690. The number of rotatable bonds is 3. The lowest BCUT2D eigenvalue weighted by molar-refractivity contribution is -0.119. The van der Waals surface area contributed by atoms with Crippen molar-refractivity contribution in [1.82, 2.24) is 10.6 Å². The number of hydrogen-bond acceptors (Lipinski definition) is 5. The molecular formula is C13H21N3O2S2. The molecule has 0 spiro atoms. The summed E-state index contributed by atoms with van der Waals surface area (Å²) in [5.74, 6) is 0.734. The van der Waals surface area contributed by atoms with E-state index in [1.807, 2.05) is 0 Å². The fourth-order valence-corrected chi connectivity index (χ4v) is 4.40. The molecule has 1 aliphatic heterocycles. The maximum atomic E-state index is 11.9. The van der Waals surface area contributed by atoms with Gasteiger partial charge in [0.15, 0.2) is 0 Å². The number of aliphatic imine (C=N–C) groups is 1. The molecule has 2 rings (SSSR count). The Labute approximate surface area is 128 Å². The van der Waals surface area contributed by atoms with Crippen LogP contribution in [0.3, 0.4) is 0 Å². The number of imide groups is 1. The second kappa shape index (κ2) is 7.93. The van der Waals surface area contributed by atoms with Gasteiger partial charge in [0.2, 0.25) is 5.91 Å². The van der Waals surface area contributed by atoms with Gasteiger partial charge in [-0.3, -0.25) is 15.1 Å². The maximum Gasteiger partial charge on any atom is 0.321 e. The quantitative estimate of drug-likeness (QED) is 0.839. The van der Waals surface area contributed by atoms with Gasteiger partial charge in [0, 0.05) is 11.8 Å². The van der Waals surface area contributed by atoms with E-state index in [4.69, 9.17) is 0 Å². The molecule has 2 N–H and O–H groups in total.